The van der Waals surface area contributed by atoms with Crippen LogP contribution in [0, 0.1) is 0 Å². The maximum absolute atomic E-state index is 13.1. The second kappa shape index (κ2) is 9.64. The topological polar surface area (TPSA) is 137 Å². The Hall–Kier alpha value is -4.87. The van der Waals surface area contributed by atoms with E-state index >= 15 is 0 Å². The van der Waals surface area contributed by atoms with E-state index in [0.717, 1.165) is 0 Å². The highest BCUT2D eigenvalue weighted by molar-refractivity contribution is 6.44. The number of nitrogens with one attached hydrogen (secondary N) is 1. The zero-order valence-electron chi connectivity index (χ0n) is 20.3. The number of benzene rings is 1. The van der Waals surface area contributed by atoms with Crippen LogP contribution < -0.4 is 0 Å². The van der Waals surface area contributed by atoms with E-state index in [2.05, 4.69) is 20.1 Å². The number of aromatic amines is 1. The van der Waals surface area contributed by atoms with Crippen LogP contribution >= 0.6 is 0 Å². The van der Waals surface area contributed by atoms with Gasteiger partial charge in [-0.2, -0.15) is 5.10 Å². The van der Waals surface area contributed by atoms with Crippen molar-refractivity contribution in [3.05, 3.63) is 71.9 Å². The average molecular weight is 501 g/mol. The Morgan fingerprint density at radius 2 is 1.62 bits per heavy atom. The van der Waals surface area contributed by atoms with Crippen LogP contribution in [0.2, 0.25) is 0 Å². The second-order valence-corrected chi connectivity index (χ2v) is 8.75. The third kappa shape index (κ3) is 4.44. The number of hydrogen-bond acceptors (Lipinski definition) is 7. The molecular weight excluding hydrogens is 476 g/mol. The fraction of sp³-hybridized carbons (Fsp3) is 0.240. The fourth-order valence-electron chi connectivity index (χ4n) is 4.19. The van der Waals surface area contributed by atoms with E-state index in [4.69, 9.17) is 0 Å². The van der Waals surface area contributed by atoms with Gasteiger partial charge < -0.3 is 19.7 Å². The van der Waals surface area contributed by atoms with Gasteiger partial charge in [0.1, 0.15) is 17.4 Å². The SMILES string of the molecule is CN(C)C(=O)c1ccn(-c2ncnc3c(C(=O)C(=O)N4CCN(C(=O)c5ccccc5)CC4)c[nH]c23)n1. The fourth-order valence-corrected chi connectivity index (χ4v) is 4.19. The van der Waals surface area contributed by atoms with Gasteiger partial charge in [0, 0.05) is 58.2 Å². The molecule has 5 rings (SSSR count). The number of piperazine rings is 1. The highest BCUT2D eigenvalue weighted by Gasteiger charge is 2.31. The van der Waals surface area contributed by atoms with Gasteiger partial charge >= 0.3 is 0 Å². The quantitative estimate of drug-likeness (QED) is 0.319. The van der Waals surface area contributed by atoms with Gasteiger partial charge in [-0.3, -0.25) is 19.2 Å². The Labute approximate surface area is 211 Å². The largest absolute Gasteiger partial charge is 0.356 e. The van der Waals surface area contributed by atoms with E-state index < -0.39 is 11.7 Å². The normalized spacial score (nSPS) is 13.6. The molecule has 0 unspecified atom stereocenters. The summed E-state index contributed by atoms with van der Waals surface area (Å²) in [5.74, 6) is -1.40. The number of hydrogen-bond donors (Lipinski definition) is 1. The van der Waals surface area contributed by atoms with E-state index in [1.54, 1.807) is 55.5 Å². The van der Waals surface area contributed by atoms with Crippen LogP contribution in [-0.4, -0.2) is 103 Å². The van der Waals surface area contributed by atoms with E-state index in [9.17, 15) is 19.2 Å². The lowest BCUT2D eigenvalue weighted by molar-refractivity contribution is -0.127. The molecule has 1 N–H and O–H groups in total. The van der Waals surface area contributed by atoms with E-state index in [-0.39, 0.29) is 41.7 Å². The molecule has 188 valence electrons. The van der Waals surface area contributed by atoms with Crippen LogP contribution in [0.4, 0.5) is 0 Å². The summed E-state index contributed by atoms with van der Waals surface area (Å²) < 4.78 is 1.41. The van der Waals surface area contributed by atoms with Gasteiger partial charge in [0.15, 0.2) is 11.5 Å². The van der Waals surface area contributed by atoms with Crippen molar-refractivity contribution >= 4 is 34.5 Å². The highest BCUT2D eigenvalue weighted by Crippen LogP contribution is 2.22. The van der Waals surface area contributed by atoms with Gasteiger partial charge in [0.05, 0.1) is 5.56 Å². The van der Waals surface area contributed by atoms with Crippen LogP contribution in [0.1, 0.15) is 31.2 Å². The van der Waals surface area contributed by atoms with Crippen molar-refractivity contribution in [3.63, 3.8) is 0 Å². The minimum atomic E-state index is -0.706. The van der Waals surface area contributed by atoms with Crippen molar-refractivity contribution in [2.24, 2.45) is 0 Å². The zero-order chi connectivity index (χ0) is 26.1. The van der Waals surface area contributed by atoms with Crippen LogP contribution in [0.15, 0.2) is 55.1 Å². The Balaban J connectivity index is 1.32. The first-order valence-electron chi connectivity index (χ1n) is 11.6. The predicted molar refractivity (Wildman–Crippen MR) is 132 cm³/mol. The summed E-state index contributed by atoms with van der Waals surface area (Å²) >= 11 is 0. The van der Waals surface area contributed by atoms with Gasteiger partial charge in [0.25, 0.3) is 23.5 Å². The minimum absolute atomic E-state index is 0.103. The van der Waals surface area contributed by atoms with Gasteiger partial charge in [-0.15, -0.1) is 0 Å². The first kappa shape index (κ1) is 23.9. The molecule has 0 atom stereocenters. The molecule has 12 nitrogen and oxygen atoms in total. The van der Waals surface area contributed by atoms with Crippen LogP contribution in [0.5, 0.6) is 0 Å². The number of rotatable bonds is 5. The first-order chi connectivity index (χ1) is 17.8. The Kier molecular flexibility index (Phi) is 6.22. The number of carbonyl (C=O) groups is 4. The predicted octanol–water partition coefficient (Wildman–Crippen LogP) is 1.01. The monoisotopic (exact) mass is 500 g/mol. The van der Waals surface area contributed by atoms with Crippen molar-refractivity contribution in [2.45, 2.75) is 0 Å². The molecule has 1 aliphatic heterocycles. The Morgan fingerprint density at radius 3 is 2.32 bits per heavy atom. The number of ketones is 1. The number of carbonyl (C=O) groups excluding carboxylic acids is 4. The van der Waals surface area contributed by atoms with Gasteiger partial charge in [-0.05, 0) is 18.2 Å². The molecule has 1 aromatic carbocycles. The smallest absolute Gasteiger partial charge is 0.295 e. The molecule has 0 radical (unpaired) electrons. The lowest BCUT2D eigenvalue weighted by Crippen LogP contribution is -2.52. The van der Waals surface area contributed by atoms with E-state index in [0.29, 0.717) is 30.0 Å². The molecule has 4 heterocycles. The van der Waals surface area contributed by atoms with E-state index in [1.165, 1.54) is 27.0 Å². The molecule has 1 aliphatic rings. The Morgan fingerprint density at radius 1 is 0.919 bits per heavy atom. The average Bonchev–Trinajstić information content (AvgIpc) is 3.60. The second-order valence-electron chi connectivity index (χ2n) is 8.75. The Bertz CT molecular complexity index is 1500. The number of H-pyrrole nitrogens is 1. The summed E-state index contributed by atoms with van der Waals surface area (Å²) in [6.07, 6.45) is 4.28. The molecular formula is C25H24N8O4. The number of aromatic nitrogens is 5. The first-order valence-corrected chi connectivity index (χ1v) is 11.6. The minimum Gasteiger partial charge on any atom is -0.356 e. The van der Waals surface area contributed by atoms with Crippen molar-refractivity contribution < 1.29 is 19.2 Å². The maximum Gasteiger partial charge on any atom is 0.295 e. The van der Waals surface area contributed by atoms with Crippen LogP contribution in [0.25, 0.3) is 16.9 Å². The van der Waals surface area contributed by atoms with Crippen molar-refractivity contribution in [2.75, 3.05) is 40.3 Å². The van der Waals surface area contributed by atoms with E-state index in [1.807, 2.05) is 6.07 Å². The molecule has 12 heteroatoms. The molecule has 3 amide bonds. The molecule has 1 saturated heterocycles. The molecule has 0 bridgehead atoms. The molecule has 37 heavy (non-hydrogen) atoms. The molecule has 4 aromatic rings. The summed E-state index contributed by atoms with van der Waals surface area (Å²) in [6, 6.07) is 10.5. The van der Waals surface area contributed by atoms with Crippen molar-refractivity contribution in [1.82, 2.24) is 39.4 Å². The lowest BCUT2D eigenvalue weighted by atomic mass is 10.1. The molecule has 1 fully saturated rings. The zero-order valence-corrected chi connectivity index (χ0v) is 20.3. The number of amides is 3. The summed E-state index contributed by atoms with van der Waals surface area (Å²) in [5, 5.41) is 4.28. The summed E-state index contributed by atoms with van der Waals surface area (Å²) in [6.45, 7) is 1.17. The van der Waals surface area contributed by atoms with Gasteiger partial charge in [-0.1, -0.05) is 18.2 Å². The number of fused-ring (bicyclic) bond motifs is 1. The summed E-state index contributed by atoms with van der Waals surface area (Å²) in [5.41, 5.74) is 1.62. The van der Waals surface area contributed by atoms with Crippen LogP contribution in [0.3, 0.4) is 0 Å². The lowest BCUT2D eigenvalue weighted by Gasteiger charge is -2.34. The molecule has 3 aromatic heterocycles. The standard InChI is InChI=1S/C25H24N8O4/c1-30(2)24(36)18-8-9-33(29-18)22-20-19(27-15-28-22)17(14-26-20)21(34)25(37)32-12-10-31(11-13-32)23(35)16-6-4-3-5-7-16/h3-9,14-15,26H,10-13H2,1-2H3. The molecule has 0 spiro atoms. The third-order valence-corrected chi connectivity index (χ3v) is 6.19. The van der Waals surface area contributed by atoms with Gasteiger partial charge in [0.2, 0.25) is 0 Å². The summed E-state index contributed by atoms with van der Waals surface area (Å²) in [7, 11) is 3.26. The third-order valence-electron chi connectivity index (χ3n) is 6.19. The van der Waals surface area contributed by atoms with Crippen LogP contribution in [-0.2, 0) is 4.79 Å². The summed E-state index contributed by atoms with van der Waals surface area (Å²) in [4.78, 5) is 67.0. The van der Waals surface area contributed by atoms with Gasteiger partial charge in [-0.25, -0.2) is 14.6 Å². The molecule has 0 aliphatic carbocycles. The highest BCUT2D eigenvalue weighted by atomic mass is 16.2. The number of nitrogens with zero attached hydrogens (tertiary/aromatic N) is 7. The molecule has 0 saturated carbocycles. The van der Waals surface area contributed by atoms with Crippen molar-refractivity contribution in [1.29, 1.82) is 0 Å². The van der Waals surface area contributed by atoms with Crippen molar-refractivity contribution in [3.8, 4) is 5.82 Å². The number of Topliss-reactive ketones (excluding diaryl/α,β-unsaturated/α-hetero) is 1. The maximum atomic E-state index is 13.1.